The summed E-state index contributed by atoms with van der Waals surface area (Å²) in [5.41, 5.74) is 0.288. The van der Waals surface area contributed by atoms with Gasteiger partial charge in [-0.3, -0.25) is 9.59 Å². The first-order valence-corrected chi connectivity index (χ1v) is 12.9. The van der Waals surface area contributed by atoms with Gasteiger partial charge in [0.05, 0.1) is 31.2 Å². The maximum absolute atomic E-state index is 13.0. The first kappa shape index (κ1) is 25.6. The molecule has 1 heterocycles. The summed E-state index contributed by atoms with van der Waals surface area (Å²) >= 11 is 0. The number of ether oxygens (including phenoxy) is 5. The van der Waals surface area contributed by atoms with Gasteiger partial charge in [-0.15, -0.1) is 0 Å². The van der Waals surface area contributed by atoms with Crippen molar-refractivity contribution >= 4 is 17.9 Å². The number of methoxy groups -OCH3 is 1. The molecule has 1 aromatic rings. The normalized spacial score (nSPS) is 29.4. The van der Waals surface area contributed by atoms with Crippen LogP contribution < -0.4 is 9.47 Å². The lowest BCUT2D eigenvalue weighted by Gasteiger charge is -2.59. The van der Waals surface area contributed by atoms with E-state index in [0.717, 1.165) is 37.3 Å². The third-order valence-electron chi connectivity index (χ3n) is 8.18. The summed E-state index contributed by atoms with van der Waals surface area (Å²) in [5.74, 6) is -0.661. The molecule has 0 radical (unpaired) electrons. The molecule has 0 aromatic heterocycles. The molecular weight excluding hydrogens is 480 g/mol. The predicted octanol–water partition coefficient (Wildman–Crippen LogP) is 3.13. The molecular formula is C28H34O9. The van der Waals surface area contributed by atoms with Crippen LogP contribution in [-0.2, 0) is 40.4 Å². The average Bonchev–Trinajstić information content (AvgIpc) is 3.18. The lowest BCUT2D eigenvalue weighted by atomic mass is 9.47. The number of carbonyl (C=O) groups excluding carboxylic acids is 3. The number of esters is 3. The molecule has 1 spiro atoms. The van der Waals surface area contributed by atoms with E-state index in [4.69, 9.17) is 23.7 Å². The van der Waals surface area contributed by atoms with Crippen molar-refractivity contribution in [1.82, 2.24) is 0 Å². The van der Waals surface area contributed by atoms with Gasteiger partial charge in [0.2, 0.25) is 6.10 Å². The van der Waals surface area contributed by atoms with Crippen LogP contribution >= 0.6 is 0 Å². The number of benzene rings is 1. The zero-order valence-electron chi connectivity index (χ0n) is 21.7. The van der Waals surface area contributed by atoms with Crippen molar-refractivity contribution in [3.8, 4) is 11.5 Å². The molecule has 1 fully saturated rings. The van der Waals surface area contributed by atoms with Crippen LogP contribution in [0.25, 0.3) is 0 Å². The van der Waals surface area contributed by atoms with E-state index in [-0.39, 0.29) is 18.4 Å². The fourth-order valence-corrected chi connectivity index (χ4v) is 6.72. The van der Waals surface area contributed by atoms with Crippen LogP contribution in [0, 0.1) is 11.8 Å². The number of aliphatic hydroxyl groups is 1. The molecule has 37 heavy (non-hydrogen) atoms. The van der Waals surface area contributed by atoms with Gasteiger partial charge in [0.15, 0.2) is 17.6 Å². The van der Waals surface area contributed by atoms with Gasteiger partial charge < -0.3 is 28.8 Å². The second-order valence-electron chi connectivity index (χ2n) is 10.9. The standard InChI is InChI=1S/C28H34O9/c1-15(2)14-34-26(31)21(35-16(3)29)13-22(30)36-20-9-11-28(32)18-6-5-10-27(28)23-17(12-18)7-8-19(33-4)24(23)37-25(20)27/h7-9,15,18,21,25,32H,5-6,10-14H2,1-4H3/t18-,21+,25+,27?,28-/m1/s1. The highest BCUT2D eigenvalue weighted by Crippen LogP contribution is 2.67. The van der Waals surface area contributed by atoms with Crippen LogP contribution in [0.15, 0.2) is 24.0 Å². The molecule has 4 aliphatic rings. The molecule has 1 aromatic carbocycles. The third-order valence-corrected chi connectivity index (χ3v) is 8.18. The van der Waals surface area contributed by atoms with Crippen molar-refractivity contribution in [3.05, 3.63) is 35.1 Å². The molecule has 1 aliphatic heterocycles. The van der Waals surface area contributed by atoms with Crippen LogP contribution in [0.5, 0.6) is 11.5 Å². The quantitative estimate of drug-likeness (QED) is 0.412. The lowest BCUT2D eigenvalue weighted by Crippen LogP contribution is -2.67. The molecule has 9 heteroatoms. The summed E-state index contributed by atoms with van der Waals surface area (Å²) < 4.78 is 28.1. The SMILES string of the molecule is COc1ccc2c3c1O[C@H]1C(OC(=O)C[C@H](OC(C)=O)C(=O)OCC(C)C)=CC[C@@]4(O)[C@H](CCCC314)C2. The Hall–Kier alpha value is -3.07. The highest BCUT2D eigenvalue weighted by molar-refractivity contribution is 5.84. The highest BCUT2D eigenvalue weighted by Gasteiger charge is 2.70. The minimum absolute atomic E-state index is 0.0665. The average molecular weight is 515 g/mol. The van der Waals surface area contributed by atoms with E-state index < -0.39 is 47.6 Å². The number of hydrogen-bond acceptors (Lipinski definition) is 9. The highest BCUT2D eigenvalue weighted by atomic mass is 16.6. The van der Waals surface area contributed by atoms with Gasteiger partial charge in [0, 0.05) is 12.5 Å². The minimum atomic E-state index is -1.41. The maximum atomic E-state index is 13.0. The second kappa shape index (κ2) is 9.35. The molecule has 9 nitrogen and oxygen atoms in total. The van der Waals surface area contributed by atoms with Gasteiger partial charge >= 0.3 is 17.9 Å². The van der Waals surface area contributed by atoms with E-state index in [0.29, 0.717) is 30.1 Å². The lowest BCUT2D eigenvalue weighted by molar-refractivity contribution is -0.172. The maximum Gasteiger partial charge on any atom is 0.348 e. The Morgan fingerprint density at radius 3 is 2.73 bits per heavy atom. The molecule has 1 N–H and O–H groups in total. The van der Waals surface area contributed by atoms with E-state index in [1.165, 1.54) is 0 Å². The van der Waals surface area contributed by atoms with Gasteiger partial charge in [-0.25, -0.2) is 4.79 Å². The van der Waals surface area contributed by atoms with E-state index in [9.17, 15) is 19.5 Å². The van der Waals surface area contributed by atoms with Crippen LogP contribution in [-0.4, -0.2) is 54.5 Å². The topological polar surface area (TPSA) is 118 Å². The van der Waals surface area contributed by atoms with E-state index in [1.54, 1.807) is 13.2 Å². The fraction of sp³-hybridized carbons (Fsp3) is 0.607. The van der Waals surface area contributed by atoms with Crippen molar-refractivity contribution in [2.24, 2.45) is 11.8 Å². The monoisotopic (exact) mass is 514 g/mol. The van der Waals surface area contributed by atoms with Gasteiger partial charge in [-0.05, 0) is 55.2 Å². The van der Waals surface area contributed by atoms with Gasteiger partial charge in [-0.1, -0.05) is 26.3 Å². The molecule has 1 unspecified atom stereocenters. The van der Waals surface area contributed by atoms with Crippen molar-refractivity contribution in [1.29, 1.82) is 0 Å². The number of hydrogen-bond donors (Lipinski definition) is 1. The third kappa shape index (κ3) is 3.98. The first-order valence-electron chi connectivity index (χ1n) is 12.9. The van der Waals surface area contributed by atoms with Crippen LogP contribution in [0.1, 0.15) is 64.0 Å². The largest absolute Gasteiger partial charge is 0.493 e. The molecule has 5 rings (SSSR count). The summed E-state index contributed by atoms with van der Waals surface area (Å²) in [5, 5.41) is 12.1. The molecule has 200 valence electrons. The number of carbonyl (C=O) groups is 3. The predicted molar refractivity (Wildman–Crippen MR) is 130 cm³/mol. The summed E-state index contributed by atoms with van der Waals surface area (Å²) in [6.45, 7) is 5.05. The molecule has 0 saturated heterocycles. The fourth-order valence-electron chi connectivity index (χ4n) is 6.72. The van der Waals surface area contributed by atoms with Gasteiger partial charge in [0.1, 0.15) is 5.76 Å². The Bertz CT molecular complexity index is 1150. The zero-order valence-corrected chi connectivity index (χ0v) is 21.7. The van der Waals surface area contributed by atoms with Gasteiger partial charge in [-0.2, -0.15) is 0 Å². The minimum Gasteiger partial charge on any atom is -0.493 e. The summed E-state index contributed by atoms with van der Waals surface area (Å²) in [6, 6.07) is 3.92. The first-order chi connectivity index (χ1) is 17.6. The molecule has 3 aliphatic carbocycles. The van der Waals surface area contributed by atoms with Crippen molar-refractivity contribution in [2.75, 3.05) is 13.7 Å². The van der Waals surface area contributed by atoms with Crippen LogP contribution in [0.3, 0.4) is 0 Å². The Morgan fingerprint density at radius 2 is 2.03 bits per heavy atom. The summed E-state index contributed by atoms with van der Waals surface area (Å²) in [6.07, 6.45) is 2.69. The molecule has 2 bridgehead atoms. The molecule has 5 atom stereocenters. The van der Waals surface area contributed by atoms with Crippen LogP contribution in [0.2, 0.25) is 0 Å². The Balaban J connectivity index is 1.42. The molecule has 1 saturated carbocycles. The van der Waals surface area contributed by atoms with Crippen molar-refractivity contribution in [2.45, 2.75) is 82.5 Å². The summed E-state index contributed by atoms with van der Waals surface area (Å²) in [7, 11) is 1.57. The Morgan fingerprint density at radius 1 is 1.24 bits per heavy atom. The van der Waals surface area contributed by atoms with Crippen molar-refractivity contribution < 1.29 is 43.2 Å². The second-order valence-corrected chi connectivity index (χ2v) is 10.9. The summed E-state index contributed by atoms with van der Waals surface area (Å²) in [4.78, 5) is 37.1. The Labute approximate surface area is 216 Å². The van der Waals surface area contributed by atoms with Gasteiger partial charge in [0.25, 0.3) is 0 Å². The van der Waals surface area contributed by atoms with E-state index >= 15 is 0 Å². The number of rotatable bonds is 8. The van der Waals surface area contributed by atoms with Crippen molar-refractivity contribution in [3.63, 3.8) is 0 Å². The molecule has 0 amide bonds. The van der Waals surface area contributed by atoms with E-state index in [2.05, 4.69) is 0 Å². The van der Waals surface area contributed by atoms with Crippen LogP contribution in [0.4, 0.5) is 0 Å². The smallest absolute Gasteiger partial charge is 0.348 e. The zero-order chi connectivity index (χ0) is 26.5. The Kier molecular flexibility index (Phi) is 6.46. The van der Waals surface area contributed by atoms with E-state index in [1.807, 2.05) is 26.0 Å².